The van der Waals surface area contributed by atoms with Crippen LogP contribution >= 0.6 is 0 Å². The van der Waals surface area contributed by atoms with E-state index in [0.717, 1.165) is 37.1 Å². The molecule has 2 aliphatic rings. The smallest absolute Gasteiger partial charge is 0.339 e. The quantitative estimate of drug-likeness (QED) is 0.923. The van der Waals surface area contributed by atoms with Gasteiger partial charge in [-0.05, 0) is 49.7 Å². The molecule has 21 heavy (non-hydrogen) atoms. The van der Waals surface area contributed by atoms with E-state index in [-0.39, 0.29) is 0 Å². The predicted octanol–water partition coefficient (Wildman–Crippen LogP) is 3.29. The highest BCUT2D eigenvalue weighted by Gasteiger charge is 2.23. The number of aromatic nitrogens is 1. The summed E-state index contributed by atoms with van der Waals surface area (Å²) in [4.78, 5) is 18.3. The van der Waals surface area contributed by atoms with Crippen LogP contribution in [0.15, 0.2) is 6.07 Å². The third-order valence-corrected chi connectivity index (χ3v) is 4.88. The lowest BCUT2D eigenvalue weighted by atomic mass is 9.89. The van der Waals surface area contributed by atoms with Gasteiger partial charge in [-0.3, -0.25) is 0 Å². The van der Waals surface area contributed by atoms with Crippen LogP contribution in [0.3, 0.4) is 0 Å². The summed E-state index contributed by atoms with van der Waals surface area (Å²) >= 11 is 0. The molecule has 0 bridgehead atoms. The number of hydrogen-bond acceptors (Lipinski definition) is 3. The highest BCUT2D eigenvalue weighted by Crippen LogP contribution is 2.29. The van der Waals surface area contributed by atoms with E-state index >= 15 is 0 Å². The maximum atomic E-state index is 11.6. The number of nitrogens with zero attached hydrogens (tertiary/aromatic N) is 2. The molecular formula is C17H24N2O2. The molecular weight excluding hydrogens is 264 g/mol. The van der Waals surface area contributed by atoms with E-state index < -0.39 is 5.97 Å². The van der Waals surface area contributed by atoms with Crippen molar-refractivity contribution in [3.05, 3.63) is 22.9 Å². The number of hydrogen-bond donors (Lipinski definition) is 1. The maximum Gasteiger partial charge on any atom is 0.339 e. The molecule has 1 fully saturated rings. The zero-order valence-electron chi connectivity index (χ0n) is 12.8. The molecule has 0 unspecified atom stereocenters. The fourth-order valence-electron chi connectivity index (χ4n) is 3.75. The van der Waals surface area contributed by atoms with Crippen molar-refractivity contribution >= 4 is 11.8 Å². The van der Waals surface area contributed by atoms with Crippen molar-refractivity contribution in [3.63, 3.8) is 0 Å². The van der Waals surface area contributed by atoms with Gasteiger partial charge in [0.15, 0.2) is 0 Å². The molecule has 4 nitrogen and oxygen atoms in total. The highest BCUT2D eigenvalue weighted by molar-refractivity contribution is 5.93. The molecule has 3 rings (SSSR count). The summed E-state index contributed by atoms with van der Waals surface area (Å²) in [6, 6.07) is 1.85. The minimum absolute atomic E-state index is 0.369. The van der Waals surface area contributed by atoms with Gasteiger partial charge in [0.1, 0.15) is 11.4 Å². The van der Waals surface area contributed by atoms with Gasteiger partial charge in [0, 0.05) is 19.3 Å². The van der Waals surface area contributed by atoms with Crippen molar-refractivity contribution in [2.45, 2.75) is 51.4 Å². The SMILES string of the molecule is CN(CC1CCCCC1)c1nc2c(cc1C(=O)O)CCC2. The van der Waals surface area contributed by atoms with Gasteiger partial charge < -0.3 is 10.0 Å². The molecule has 1 saturated carbocycles. The van der Waals surface area contributed by atoms with Crippen LogP contribution in [-0.2, 0) is 12.8 Å². The average Bonchev–Trinajstić information content (AvgIpc) is 2.94. The second kappa shape index (κ2) is 6.04. The Hall–Kier alpha value is -1.58. The van der Waals surface area contributed by atoms with E-state index in [2.05, 4.69) is 9.88 Å². The van der Waals surface area contributed by atoms with Gasteiger partial charge in [0.2, 0.25) is 0 Å². The van der Waals surface area contributed by atoms with E-state index in [1.54, 1.807) is 0 Å². The lowest BCUT2D eigenvalue weighted by molar-refractivity contribution is 0.0697. The summed E-state index contributed by atoms with van der Waals surface area (Å²) in [5, 5.41) is 9.48. The first-order valence-corrected chi connectivity index (χ1v) is 8.12. The Morgan fingerprint density at radius 3 is 2.76 bits per heavy atom. The molecule has 1 heterocycles. The molecule has 114 valence electrons. The Kier molecular flexibility index (Phi) is 4.13. The zero-order valence-corrected chi connectivity index (χ0v) is 12.8. The van der Waals surface area contributed by atoms with Crippen LogP contribution in [0.25, 0.3) is 0 Å². The van der Waals surface area contributed by atoms with Gasteiger partial charge in [0.25, 0.3) is 0 Å². The van der Waals surface area contributed by atoms with Gasteiger partial charge in [-0.1, -0.05) is 19.3 Å². The number of aromatic carboxylic acids is 1. The molecule has 1 aromatic rings. The lowest BCUT2D eigenvalue weighted by Gasteiger charge is -2.28. The summed E-state index contributed by atoms with van der Waals surface area (Å²) in [5.74, 6) is 0.483. The second-order valence-corrected chi connectivity index (χ2v) is 6.51. The minimum Gasteiger partial charge on any atom is -0.478 e. The number of aryl methyl sites for hydroxylation is 2. The van der Waals surface area contributed by atoms with Gasteiger partial charge in [-0.25, -0.2) is 9.78 Å². The number of carbonyl (C=O) groups is 1. The number of pyridine rings is 1. The first-order valence-electron chi connectivity index (χ1n) is 8.12. The Morgan fingerprint density at radius 2 is 2.05 bits per heavy atom. The highest BCUT2D eigenvalue weighted by atomic mass is 16.4. The van der Waals surface area contributed by atoms with Gasteiger partial charge in [-0.15, -0.1) is 0 Å². The summed E-state index contributed by atoms with van der Waals surface area (Å²) in [5.41, 5.74) is 2.60. The van der Waals surface area contributed by atoms with Gasteiger partial charge in [-0.2, -0.15) is 0 Å². The van der Waals surface area contributed by atoms with Crippen LogP contribution in [0.2, 0.25) is 0 Å². The average molecular weight is 288 g/mol. The Labute approximate surface area is 126 Å². The standard InChI is InChI=1S/C17H24N2O2/c1-19(11-12-6-3-2-4-7-12)16-14(17(20)21)10-13-8-5-9-15(13)18-16/h10,12H,2-9,11H2,1H3,(H,20,21). The van der Waals surface area contributed by atoms with Crippen LogP contribution in [-0.4, -0.2) is 29.7 Å². The summed E-state index contributed by atoms with van der Waals surface area (Å²) in [6.45, 7) is 0.923. The normalized spacial score (nSPS) is 18.5. The number of carboxylic acid groups (broad SMARTS) is 1. The van der Waals surface area contributed by atoms with Crippen molar-refractivity contribution in [1.29, 1.82) is 0 Å². The number of carboxylic acids is 1. The molecule has 0 saturated heterocycles. The molecule has 0 atom stereocenters. The molecule has 0 spiro atoms. The number of fused-ring (bicyclic) bond motifs is 1. The Morgan fingerprint density at radius 1 is 1.29 bits per heavy atom. The fraction of sp³-hybridized carbons (Fsp3) is 0.647. The number of anilines is 1. The molecule has 0 aliphatic heterocycles. The van der Waals surface area contributed by atoms with Crippen molar-refractivity contribution in [1.82, 2.24) is 4.98 Å². The number of rotatable bonds is 4. The lowest BCUT2D eigenvalue weighted by Crippen LogP contribution is -2.29. The summed E-state index contributed by atoms with van der Waals surface area (Å²) in [7, 11) is 1.99. The van der Waals surface area contributed by atoms with Crippen molar-refractivity contribution < 1.29 is 9.90 Å². The van der Waals surface area contributed by atoms with Crippen LogP contribution in [0.1, 0.15) is 60.1 Å². The first kappa shape index (κ1) is 14.4. The van der Waals surface area contributed by atoms with Crippen molar-refractivity contribution in [2.75, 3.05) is 18.5 Å². The third-order valence-electron chi connectivity index (χ3n) is 4.88. The molecule has 0 amide bonds. The summed E-state index contributed by atoms with van der Waals surface area (Å²) < 4.78 is 0. The van der Waals surface area contributed by atoms with Crippen molar-refractivity contribution in [2.24, 2.45) is 5.92 Å². The molecule has 4 heteroatoms. The van der Waals surface area contributed by atoms with E-state index in [1.807, 2.05) is 13.1 Å². The third kappa shape index (κ3) is 3.04. The Bertz CT molecular complexity index is 536. The first-order chi connectivity index (χ1) is 10.1. The second-order valence-electron chi connectivity index (χ2n) is 6.51. The Balaban J connectivity index is 1.83. The topological polar surface area (TPSA) is 53.4 Å². The monoisotopic (exact) mass is 288 g/mol. The van der Waals surface area contributed by atoms with Crippen LogP contribution in [0, 0.1) is 5.92 Å². The predicted molar refractivity (Wildman–Crippen MR) is 83.1 cm³/mol. The van der Waals surface area contributed by atoms with E-state index in [0.29, 0.717) is 17.3 Å². The van der Waals surface area contributed by atoms with Gasteiger partial charge >= 0.3 is 5.97 Å². The minimum atomic E-state index is -0.859. The summed E-state index contributed by atoms with van der Waals surface area (Å²) in [6.07, 6.45) is 9.53. The molecule has 1 N–H and O–H groups in total. The van der Waals surface area contributed by atoms with E-state index in [4.69, 9.17) is 0 Å². The fourth-order valence-corrected chi connectivity index (χ4v) is 3.75. The van der Waals surface area contributed by atoms with E-state index in [9.17, 15) is 9.90 Å². The van der Waals surface area contributed by atoms with Crippen LogP contribution < -0.4 is 4.90 Å². The molecule has 1 aromatic heterocycles. The molecule has 0 radical (unpaired) electrons. The van der Waals surface area contributed by atoms with Crippen molar-refractivity contribution in [3.8, 4) is 0 Å². The van der Waals surface area contributed by atoms with Gasteiger partial charge in [0.05, 0.1) is 0 Å². The maximum absolute atomic E-state index is 11.6. The van der Waals surface area contributed by atoms with Crippen LogP contribution in [0.4, 0.5) is 5.82 Å². The largest absolute Gasteiger partial charge is 0.478 e. The molecule has 2 aliphatic carbocycles. The van der Waals surface area contributed by atoms with E-state index in [1.165, 1.54) is 32.1 Å². The van der Waals surface area contributed by atoms with Crippen LogP contribution in [0.5, 0.6) is 0 Å². The zero-order chi connectivity index (χ0) is 14.8. The molecule has 0 aromatic carbocycles.